The fraction of sp³-hybridized carbons (Fsp3) is 0.192. The Hall–Kier alpha value is -4.20. The van der Waals surface area contributed by atoms with Gasteiger partial charge in [-0.05, 0) is 47.5 Å². The van der Waals surface area contributed by atoms with E-state index < -0.39 is 29.3 Å². The van der Waals surface area contributed by atoms with Gasteiger partial charge in [-0.2, -0.15) is 0 Å². The van der Waals surface area contributed by atoms with E-state index in [0.717, 1.165) is 17.3 Å². The molecule has 2 aromatic carbocycles. The van der Waals surface area contributed by atoms with Crippen molar-refractivity contribution in [1.29, 1.82) is 0 Å². The number of aromatic nitrogens is 1. The van der Waals surface area contributed by atoms with Crippen LogP contribution in [0.4, 0.5) is 10.1 Å². The Morgan fingerprint density at radius 1 is 1.15 bits per heavy atom. The summed E-state index contributed by atoms with van der Waals surface area (Å²) in [7, 11) is 5.14. The highest BCUT2D eigenvalue weighted by atomic mass is 19.1. The molecule has 1 N–H and O–H groups in total. The molecule has 0 aliphatic carbocycles. The van der Waals surface area contributed by atoms with Crippen molar-refractivity contribution in [3.05, 3.63) is 95.1 Å². The van der Waals surface area contributed by atoms with Gasteiger partial charge in [-0.25, -0.2) is 4.39 Å². The van der Waals surface area contributed by atoms with Crippen LogP contribution in [-0.2, 0) is 16.1 Å². The molecule has 34 heavy (non-hydrogen) atoms. The fourth-order valence-corrected chi connectivity index (χ4v) is 4.00. The molecule has 1 unspecified atom stereocenters. The highest BCUT2D eigenvalue weighted by Crippen LogP contribution is 2.41. The van der Waals surface area contributed by atoms with E-state index in [9.17, 15) is 19.1 Å². The molecule has 4 rings (SSSR count). The Balaban J connectivity index is 1.85. The normalized spacial score (nSPS) is 17.2. The number of likely N-dealkylation sites (tertiary alicyclic amines) is 1. The van der Waals surface area contributed by atoms with E-state index in [0.29, 0.717) is 5.56 Å². The Morgan fingerprint density at radius 3 is 2.47 bits per heavy atom. The van der Waals surface area contributed by atoms with E-state index >= 15 is 0 Å². The minimum atomic E-state index is -0.860. The van der Waals surface area contributed by atoms with E-state index in [2.05, 4.69) is 4.98 Å². The van der Waals surface area contributed by atoms with Gasteiger partial charge in [0, 0.05) is 44.3 Å². The first-order valence-corrected chi connectivity index (χ1v) is 10.6. The number of carbonyl (C=O) groups is 2. The molecule has 1 fully saturated rings. The molecular formula is C26H24FN3O4. The predicted octanol–water partition coefficient (Wildman–Crippen LogP) is 3.92. The summed E-state index contributed by atoms with van der Waals surface area (Å²) in [6.07, 6.45) is 3.23. The van der Waals surface area contributed by atoms with Crippen LogP contribution in [-0.4, -0.2) is 47.9 Å². The summed E-state index contributed by atoms with van der Waals surface area (Å²) in [5, 5.41) is 11.1. The largest absolute Gasteiger partial charge is 0.507 e. The van der Waals surface area contributed by atoms with Crippen LogP contribution in [0.3, 0.4) is 0 Å². The summed E-state index contributed by atoms with van der Waals surface area (Å²) in [5.41, 5.74) is 2.29. The van der Waals surface area contributed by atoms with Crippen molar-refractivity contribution >= 4 is 23.1 Å². The molecule has 174 valence electrons. The molecule has 1 aromatic heterocycles. The molecule has 2 heterocycles. The van der Waals surface area contributed by atoms with Crippen LogP contribution in [0.1, 0.15) is 22.7 Å². The van der Waals surface area contributed by atoms with Gasteiger partial charge >= 0.3 is 0 Å². The Bertz CT molecular complexity index is 1260. The standard InChI is InChI=1S/C26H24FN3O4/c1-29(2)19-9-6-17(7-10-19)23-22(24(31)18-8-11-21(34-3)20(27)13-18)25(32)26(33)30(23)15-16-5-4-12-28-14-16/h4-14,23,31H,15H2,1-3H3. The predicted molar refractivity (Wildman–Crippen MR) is 126 cm³/mol. The van der Waals surface area contributed by atoms with E-state index in [-0.39, 0.29) is 23.4 Å². The number of ether oxygens (including phenoxy) is 1. The van der Waals surface area contributed by atoms with Crippen LogP contribution < -0.4 is 9.64 Å². The second-order valence-electron chi connectivity index (χ2n) is 8.12. The second-order valence-corrected chi connectivity index (χ2v) is 8.12. The van der Waals surface area contributed by atoms with Crippen molar-refractivity contribution in [2.45, 2.75) is 12.6 Å². The van der Waals surface area contributed by atoms with Gasteiger partial charge in [0.1, 0.15) is 5.76 Å². The van der Waals surface area contributed by atoms with Gasteiger partial charge in [0.25, 0.3) is 11.7 Å². The van der Waals surface area contributed by atoms with Crippen LogP contribution in [0, 0.1) is 5.82 Å². The Labute approximate surface area is 196 Å². The number of amides is 1. The van der Waals surface area contributed by atoms with E-state index in [1.54, 1.807) is 24.5 Å². The Morgan fingerprint density at radius 2 is 1.88 bits per heavy atom. The average molecular weight is 461 g/mol. The van der Waals surface area contributed by atoms with Crippen LogP contribution in [0.15, 0.2) is 72.6 Å². The molecule has 0 bridgehead atoms. The maximum absolute atomic E-state index is 14.3. The number of Topliss-reactive ketones (excluding diaryl/α,β-unsaturated/α-hetero) is 1. The molecule has 1 aliphatic rings. The maximum Gasteiger partial charge on any atom is 0.295 e. The van der Waals surface area contributed by atoms with Gasteiger partial charge in [0.15, 0.2) is 11.6 Å². The average Bonchev–Trinajstić information content (AvgIpc) is 3.09. The van der Waals surface area contributed by atoms with Crippen LogP contribution >= 0.6 is 0 Å². The number of ketones is 1. The monoisotopic (exact) mass is 461 g/mol. The van der Waals surface area contributed by atoms with E-state index in [1.807, 2.05) is 43.3 Å². The number of aliphatic hydroxyl groups excluding tert-OH is 1. The molecular weight excluding hydrogens is 437 g/mol. The topological polar surface area (TPSA) is 83.0 Å². The zero-order valence-electron chi connectivity index (χ0n) is 19.0. The number of hydrogen-bond donors (Lipinski definition) is 1. The summed E-state index contributed by atoms with van der Waals surface area (Å²) < 4.78 is 19.3. The first kappa shape index (κ1) is 23.0. The maximum atomic E-state index is 14.3. The molecule has 1 saturated heterocycles. The molecule has 0 saturated carbocycles. The summed E-state index contributed by atoms with van der Waals surface area (Å²) in [6, 6.07) is 13.9. The molecule has 3 aromatic rings. The van der Waals surface area contributed by atoms with Gasteiger partial charge < -0.3 is 19.6 Å². The third-order valence-electron chi connectivity index (χ3n) is 5.77. The van der Waals surface area contributed by atoms with Crippen LogP contribution in [0.5, 0.6) is 5.75 Å². The molecule has 1 atom stereocenters. The SMILES string of the molecule is COc1ccc(C(O)=C2C(=O)C(=O)N(Cc3cccnc3)C2c2ccc(N(C)C)cc2)cc1F. The van der Waals surface area contributed by atoms with Crippen molar-refractivity contribution in [3.63, 3.8) is 0 Å². The smallest absolute Gasteiger partial charge is 0.295 e. The zero-order chi connectivity index (χ0) is 24.4. The molecule has 0 spiro atoms. The van der Waals surface area contributed by atoms with Crippen molar-refractivity contribution in [2.24, 2.45) is 0 Å². The van der Waals surface area contributed by atoms with Gasteiger partial charge in [-0.15, -0.1) is 0 Å². The lowest BCUT2D eigenvalue weighted by Crippen LogP contribution is -2.29. The molecule has 7 nitrogen and oxygen atoms in total. The van der Waals surface area contributed by atoms with Crippen LogP contribution in [0.2, 0.25) is 0 Å². The van der Waals surface area contributed by atoms with Crippen molar-refractivity contribution < 1.29 is 23.8 Å². The third-order valence-corrected chi connectivity index (χ3v) is 5.77. The molecule has 1 aliphatic heterocycles. The summed E-state index contributed by atoms with van der Waals surface area (Å²) in [5.74, 6) is -2.72. The van der Waals surface area contributed by atoms with Gasteiger partial charge in [0.05, 0.1) is 18.7 Å². The van der Waals surface area contributed by atoms with E-state index in [4.69, 9.17) is 4.74 Å². The number of methoxy groups -OCH3 is 1. The minimum absolute atomic E-state index is 0.00408. The first-order chi connectivity index (χ1) is 16.3. The van der Waals surface area contributed by atoms with E-state index in [1.165, 1.54) is 24.1 Å². The van der Waals surface area contributed by atoms with Crippen LogP contribution in [0.25, 0.3) is 5.76 Å². The molecule has 8 heteroatoms. The Kier molecular flexibility index (Phi) is 6.32. The number of rotatable bonds is 6. The highest BCUT2D eigenvalue weighted by molar-refractivity contribution is 6.46. The lowest BCUT2D eigenvalue weighted by atomic mass is 9.95. The van der Waals surface area contributed by atoms with Gasteiger partial charge in [-0.1, -0.05) is 18.2 Å². The van der Waals surface area contributed by atoms with Crippen molar-refractivity contribution in [2.75, 3.05) is 26.1 Å². The number of aliphatic hydroxyl groups is 1. The number of benzene rings is 2. The first-order valence-electron chi connectivity index (χ1n) is 10.6. The second kappa shape index (κ2) is 9.35. The number of hydrogen-bond acceptors (Lipinski definition) is 6. The summed E-state index contributed by atoms with van der Waals surface area (Å²) in [4.78, 5) is 33.6. The number of carbonyl (C=O) groups excluding carboxylic acids is 2. The highest BCUT2D eigenvalue weighted by Gasteiger charge is 2.46. The lowest BCUT2D eigenvalue weighted by Gasteiger charge is -2.26. The number of anilines is 1. The van der Waals surface area contributed by atoms with Gasteiger partial charge in [0.2, 0.25) is 0 Å². The van der Waals surface area contributed by atoms with Crippen molar-refractivity contribution in [1.82, 2.24) is 9.88 Å². The van der Waals surface area contributed by atoms with Gasteiger partial charge in [-0.3, -0.25) is 14.6 Å². The third kappa shape index (κ3) is 4.22. The minimum Gasteiger partial charge on any atom is -0.507 e. The quantitative estimate of drug-likeness (QED) is 0.340. The fourth-order valence-electron chi connectivity index (χ4n) is 4.00. The lowest BCUT2D eigenvalue weighted by molar-refractivity contribution is -0.140. The molecule has 1 amide bonds. The zero-order valence-corrected chi connectivity index (χ0v) is 19.0. The number of pyridine rings is 1. The molecule has 0 radical (unpaired) electrons. The van der Waals surface area contributed by atoms with Crippen molar-refractivity contribution in [3.8, 4) is 5.75 Å². The number of nitrogens with zero attached hydrogens (tertiary/aromatic N) is 3. The number of halogens is 1. The summed E-state index contributed by atoms with van der Waals surface area (Å²) in [6.45, 7) is 0.117. The summed E-state index contributed by atoms with van der Waals surface area (Å²) >= 11 is 0.